The summed E-state index contributed by atoms with van der Waals surface area (Å²) in [5.74, 6) is -0.230. The molecule has 0 unspecified atom stereocenters. The van der Waals surface area contributed by atoms with Gasteiger partial charge in [-0.15, -0.1) is 0 Å². The van der Waals surface area contributed by atoms with Crippen molar-refractivity contribution >= 4 is 23.2 Å². The van der Waals surface area contributed by atoms with Gasteiger partial charge in [-0.3, -0.25) is 19.0 Å². The van der Waals surface area contributed by atoms with Crippen LogP contribution < -0.4 is 16.2 Å². The number of hydrogen-bond donors (Lipinski definition) is 2. The first-order valence-corrected chi connectivity index (χ1v) is 10.1. The summed E-state index contributed by atoms with van der Waals surface area (Å²) in [7, 11) is 0. The molecule has 0 bridgehead atoms. The molecule has 0 spiro atoms. The van der Waals surface area contributed by atoms with Crippen molar-refractivity contribution in [2.45, 2.75) is 47.1 Å². The van der Waals surface area contributed by atoms with Gasteiger partial charge in [0, 0.05) is 35.8 Å². The van der Waals surface area contributed by atoms with E-state index in [1.165, 1.54) is 17.6 Å². The smallest absolute Gasteiger partial charge is 0.255 e. The number of anilines is 2. The van der Waals surface area contributed by atoms with Crippen LogP contribution in [-0.2, 0) is 22.6 Å². The Morgan fingerprint density at radius 2 is 1.68 bits per heavy atom. The fourth-order valence-corrected chi connectivity index (χ4v) is 3.25. The average Bonchev–Trinajstić information content (AvgIpc) is 3.03. The van der Waals surface area contributed by atoms with Crippen molar-refractivity contribution in [1.82, 2.24) is 19.3 Å². The minimum Gasteiger partial charge on any atom is -0.326 e. The van der Waals surface area contributed by atoms with Crippen LogP contribution in [0.25, 0.3) is 5.95 Å². The molecule has 0 radical (unpaired) electrons. The predicted molar refractivity (Wildman–Crippen MR) is 118 cm³/mol. The highest BCUT2D eigenvalue weighted by atomic mass is 16.2. The van der Waals surface area contributed by atoms with Crippen LogP contribution in [0.5, 0.6) is 0 Å². The summed E-state index contributed by atoms with van der Waals surface area (Å²) in [5.41, 5.74) is 3.15. The van der Waals surface area contributed by atoms with Crippen molar-refractivity contribution < 1.29 is 9.59 Å². The molecule has 0 aliphatic rings. The van der Waals surface area contributed by atoms with Crippen LogP contribution in [0.3, 0.4) is 0 Å². The van der Waals surface area contributed by atoms with Crippen molar-refractivity contribution in [3.63, 3.8) is 0 Å². The Kier molecular flexibility index (Phi) is 6.64. The highest BCUT2D eigenvalue weighted by molar-refractivity contribution is 5.92. The zero-order chi connectivity index (χ0) is 22.5. The zero-order valence-electron chi connectivity index (χ0n) is 18.1. The molecule has 3 rings (SSSR count). The summed E-state index contributed by atoms with van der Waals surface area (Å²) >= 11 is 0. The van der Waals surface area contributed by atoms with E-state index in [0.717, 1.165) is 17.8 Å². The van der Waals surface area contributed by atoms with Gasteiger partial charge in [-0.25, -0.2) is 9.67 Å². The van der Waals surface area contributed by atoms with E-state index >= 15 is 0 Å². The summed E-state index contributed by atoms with van der Waals surface area (Å²) in [6.45, 7) is 6.97. The molecule has 0 saturated heterocycles. The molecule has 9 heteroatoms. The first-order chi connectivity index (χ1) is 14.8. The maximum Gasteiger partial charge on any atom is 0.255 e. The van der Waals surface area contributed by atoms with Gasteiger partial charge in [-0.05, 0) is 50.6 Å². The van der Waals surface area contributed by atoms with Gasteiger partial charge in [0.15, 0.2) is 0 Å². The van der Waals surface area contributed by atoms with E-state index in [0.29, 0.717) is 29.4 Å². The van der Waals surface area contributed by atoms with Crippen LogP contribution >= 0.6 is 0 Å². The molecule has 162 valence electrons. The van der Waals surface area contributed by atoms with E-state index in [1.807, 2.05) is 26.8 Å². The molecule has 3 aromatic rings. The maximum atomic E-state index is 12.8. The summed E-state index contributed by atoms with van der Waals surface area (Å²) in [6, 6.07) is 10.1. The van der Waals surface area contributed by atoms with Gasteiger partial charge < -0.3 is 10.6 Å². The number of hydrogen-bond acceptors (Lipinski definition) is 5. The monoisotopic (exact) mass is 422 g/mol. The Labute approximate surface area is 180 Å². The van der Waals surface area contributed by atoms with Gasteiger partial charge in [-0.2, -0.15) is 5.10 Å². The number of aromatic nitrogens is 4. The Balaban J connectivity index is 1.87. The molecule has 0 aliphatic carbocycles. The third kappa shape index (κ3) is 5.44. The van der Waals surface area contributed by atoms with E-state index in [2.05, 4.69) is 20.7 Å². The lowest BCUT2D eigenvalue weighted by atomic mass is 10.2. The second-order valence-electron chi connectivity index (χ2n) is 7.37. The van der Waals surface area contributed by atoms with Crippen molar-refractivity contribution in [1.29, 1.82) is 0 Å². The number of carbonyl (C=O) groups is 2. The van der Waals surface area contributed by atoms with Crippen LogP contribution in [0.2, 0.25) is 0 Å². The predicted octanol–water partition coefficient (Wildman–Crippen LogP) is 2.60. The van der Waals surface area contributed by atoms with E-state index in [-0.39, 0.29) is 23.9 Å². The van der Waals surface area contributed by atoms with E-state index in [1.54, 1.807) is 28.9 Å². The fourth-order valence-electron chi connectivity index (χ4n) is 3.25. The first kappa shape index (κ1) is 21.9. The Bertz CT molecular complexity index is 1160. The standard InChI is InChI=1S/C22H26N6O3/c1-5-6-19-12-21(31)27(22(25-19)28-15(3)11-14(2)26-28)13-20(30)24-18-9-7-17(8-10-18)23-16(4)29/h7-12H,5-6,13H2,1-4H3,(H,23,29)(H,24,30). The quantitative estimate of drug-likeness (QED) is 0.608. The molecular formula is C22H26N6O3. The van der Waals surface area contributed by atoms with Gasteiger partial charge in [0.1, 0.15) is 6.54 Å². The van der Waals surface area contributed by atoms with Gasteiger partial charge in [0.25, 0.3) is 5.56 Å². The molecule has 2 heterocycles. The summed E-state index contributed by atoms with van der Waals surface area (Å²) in [6.07, 6.45) is 1.51. The highest BCUT2D eigenvalue weighted by Crippen LogP contribution is 2.14. The van der Waals surface area contributed by atoms with Crippen LogP contribution in [0.4, 0.5) is 11.4 Å². The lowest BCUT2D eigenvalue weighted by Gasteiger charge is -2.14. The molecule has 9 nitrogen and oxygen atoms in total. The minimum atomic E-state index is -0.373. The Hall–Kier alpha value is -3.75. The van der Waals surface area contributed by atoms with Crippen molar-refractivity contribution in [3.8, 4) is 5.95 Å². The van der Waals surface area contributed by atoms with E-state index in [4.69, 9.17) is 0 Å². The van der Waals surface area contributed by atoms with Crippen LogP contribution in [0, 0.1) is 13.8 Å². The number of amides is 2. The number of carbonyl (C=O) groups excluding carboxylic acids is 2. The van der Waals surface area contributed by atoms with Gasteiger partial charge in [-0.1, -0.05) is 13.3 Å². The molecule has 0 fully saturated rings. The maximum absolute atomic E-state index is 12.8. The molecule has 2 amide bonds. The zero-order valence-corrected chi connectivity index (χ0v) is 18.1. The number of aryl methyl sites for hydroxylation is 3. The van der Waals surface area contributed by atoms with Crippen LogP contribution in [-0.4, -0.2) is 31.1 Å². The van der Waals surface area contributed by atoms with Crippen LogP contribution in [0.1, 0.15) is 37.4 Å². The molecule has 2 aromatic heterocycles. The molecule has 31 heavy (non-hydrogen) atoms. The van der Waals surface area contributed by atoms with Crippen molar-refractivity contribution in [2.24, 2.45) is 0 Å². The van der Waals surface area contributed by atoms with Crippen molar-refractivity contribution in [3.05, 3.63) is 63.8 Å². The Morgan fingerprint density at radius 3 is 2.23 bits per heavy atom. The van der Waals surface area contributed by atoms with Crippen LogP contribution in [0.15, 0.2) is 41.2 Å². The summed E-state index contributed by atoms with van der Waals surface area (Å²) < 4.78 is 2.91. The SMILES string of the molecule is CCCc1cc(=O)n(CC(=O)Nc2ccc(NC(C)=O)cc2)c(-n2nc(C)cc2C)n1. The molecular weight excluding hydrogens is 396 g/mol. The van der Waals surface area contributed by atoms with Gasteiger partial charge in [0.05, 0.1) is 5.69 Å². The topological polar surface area (TPSA) is 111 Å². The van der Waals surface area contributed by atoms with Gasteiger partial charge >= 0.3 is 0 Å². The second kappa shape index (κ2) is 9.38. The van der Waals surface area contributed by atoms with Gasteiger partial charge in [0.2, 0.25) is 17.8 Å². The minimum absolute atomic E-state index is 0.174. The summed E-state index contributed by atoms with van der Waals surface area (Å²) in [4.78, 5) is 41.2. The largest absolute Gasteiger partial charge is 0.326 e. The lowest BCUT2D eigenvalue weighted by molar-refractivity contribution is -0.117. The third-order valence-corrected chi connectivity index (χ3v) is 4.54. The average molecular weight is 422 g/mol. The molecule has 2 N–H and O–H groups in total. The Morgan fingerprint density at radius 1 is 1.03 bits per heavy atom. The molecule has 0 aliphatic heterocycles. The van der Waals surface area contributed by atoms with E-state index in [9.17, 15) is 14.4 Å². The third-order valence-electron chi connectivity index (χ3n) is 4.54. The normalized spacial score (nSPS) is 10.7. The number of nitrogens with one attached hydrogen (secondary N) is 2. The number of rotatable bonds is 7. The molecule has 0 saturated carbocycles. The molecule has 1 aromatic carbocycles. The van der Waals surface area contributed by atoms with Crippen molar-refractivity contribution in [2.75, 3.05) is 10.6 Å². The summed E-state index contributed by atoms with van der Waals surface area (Å²) in [5, 5.41) is 9.87. The number of benzene rings is 1. The number of nitrogens with zero attached hydrogens (tertiary/aromatic N) is 4. The van der Waals surface area contributed by atoms with E-state index < -0.39 is 0 Å². The highest BCUT2D eigenvalue weighted by Gasteiger charge is 2.16. The first-order valence-electron chi connectivity index (χ1n) is 10.1. The molecule has 0 atom stereocenters. The fraction of sp³-hybridized carbons (Fsp3) is 0.318. The lowest BCUT2D eigenvalue weighted by Crippen LogP contribution is -2.32. The second-order valence-corrected chi connectivity index (χ2v) is 7.37.